The lowest BCUT2D eigenvalue weighted by Crippen LogP contribution is -2.47. The third kappa shape index (κ3) is 5.23. The Morgan fingerprint density at radius 3 is 1.84 bits per heavy atom. The lowest BCUT2D eigenvalue weighted by Gasteiger charge is -2.34. The fourth-order valence-corrected chi connectivity index (χ4v) is 3.75. The van der Waals surface area contributed by atoms with Crippen LogP contribution in [0, 0.1) is 5.82 Å². The molecule has 0 saturated carbocycles. The molecular weight excluding hydrogens is 423 g/mol. The highest BCUT2D eigenvalue weighted by atomic mass is 32.2. The Kier molecular flexibility index (Phi) is 5.94. The molecule has 4 rings (SSSR count). The van der Waals surface area contributed by atoms with E-state index in [1.54, 1.807) is 36.7 Å². The highest BCUT2D eigenvalue weighted by molar-refractivity contribution is 7.90. The van der Waals surface area contributed by atoms with Crippen LogP contribution < -0.4 is 14.5 Å². The van der Waals surface area contributed by atoms with E-state index in [1.807, 2.05) is 9.80 Å². The average Bonchev–Trinajstić information content (AvgIpc) is 2.78. The van der Waals surface area contributed by atoms with Gasteiger partial charge in [-0.2, -0.15) is 0 Å². The largest absolute Gasteiger partial charge is 0.486 e. The van der Waals surface area contributed by atoms with Gasteiger partial charge in [0.25, 0.3) is 0 Å². The summed E-state index contributed by atoms with van der Waals surface area (Å²) < 4.78 is 41.7. The molecule has 0 spiro atoms. The van der Waals surface area contributed by atoms with Crippen molar-refractivity contribution < 1.29 is 17.5 Å². The van der Waals surface area contributed by atoms with Crippen LogP contribution in [0.15, 0.2) is 53.9 Å². The van der Waals surface area contributed by atoms with Crippen LogP contribution in [0.4, 0.5) is 16.3 Å². The van der Waals surface area contributed by atoms with E-state index in [2.05, 4.69) is 19.9 Å². The maximum Gasteiger partial charge on any atom is 0.225 e. The molecular formula is C20H21FN6O3S. The molecule has 11 heteroatoms. The molecule has 1 saturated heterocycles. The first-order chi connectivity index (χ1) is 14.9. The Morgan fingerprint density at radius 1 is 0.871 bits per heavy atom. The summed E-state index contributed by atoms with van der Waals surface area (Å²) in [4.78, 5) is 21.1. The molecule has 162 valence electrons. The molecule has 1 aromatic carbocycles. The summed E-state index contributed by atoms with van der Waals surface area (Å²) in [6.45, 7) is 3.01. The molecule has 2 aromatic heterocycles. The smallest absolute Gasteiger partial charge is 0.225 e. The lowest BCUT2D eigenvalue weighted by molar-refractivity contribution is 0.303. The molecule has 0 unspecified atom stereocenters. The number of aromatic nitrogens is 4. The summed E-state index contributed by atoms with van der Waals surface area (Å²) in [5, 5.41) is 0. The van der Waals surface area contributed by atoms with Crippen LogP contribution in [0.2, 0.25) is 0 Å². The first-order valence-electron chi connectivity index (χ1n) is 9.60. The van der Waals surface area contributed by atoms with Gasteiger partial charge in [0.2, 0.25) is 11.9 Å². The molecule has 0 aliphatic carbocycles. The molecule has 0 radical (unpaired) electrons. The quantitative estimate of drug-likeness (QED) is 0.562. The predicted octanol–water partition coefficient (Wildman–Crippen LogP) is 1.71. The number of piperazine rings is 1. The molecule has 3 heterocycles. The van der Waals surface area contributed by atoms with E-state index in [0.29, 0.717) is 43.8 Å². The van der Waals surface area contributed by atoms with Gasteiger partial charge in [-0.3, -0.25) is 0 Å². The minimum absolute atomic E-state index is 0.273. The normalized spacial score (nSPS) is 14.5. The predicted molar refractivity (Wildman–Crippen MR) is 112 cm³/mol. The molecule has 1 aliphatic heterocycles. The summed E-state index contributed by atoms with van der Waals surface area (Å²) in [6.07, 6.45) is 6.73. The van der Waals surface area contributed by atoms with Crippen molar-refractivity contribution in [2.45, 2.75) is 11.5 Å². The number of nitrogens with zero attached hydrogens (tertiary/aromatic N) is 6. The first kappa shape index (κ1) is 20.9. The van der Waals surface area contributed by atoms with Gasteiger partial charge in [-0.15, -0.1) is 0 Å². The van der Waals surface area contributed by atoms with Gasteiger partial charge in [0, 0.05) is 32.4 Å². The van der Waals surface area contributed by atoms with Crippen molar-refractivity contribution in [2.75, 3.05) is 42.2 Å². The molecule has 1 fully saturated rings. The van der Waals surface area contributed by atoms with Crippen molar-refractivity contribution >= 4 is 21.7 Å². The Morgan fingerprint density at radius 2 is 1.35 bits per heavy atom. The van der Waals surface area contributed by atoms with E-state index in [4.69, 9.17) is 4.74 Å². The molecule has 3 aromatic rings. The second kappa shape index (κ2) is 8.80. The first-order valence-corrected chi connectivity index (χ1v) is 11.5. The third-order valence-electron chi connectivity index (χ3n) is 4.82. The molecule has 9 nitrogen and oxygen atoms in total. The number of anilines is 2. The van der Waals surface area contributed by atoms with E-state index < -0.39 is 15.7 Å². The zero-order chi connectivity index (χ0) is 21.8. The lowest BCUT2D eigenvalue weighted by atomic mass is 10.2. The highest BCUT2D eigenvalue weighted by Crippen LogP contribution is 2.18. The van der Waals surface area contributed by atoms with Crippen molar-refractivity contribution in [3.05, 3.63) is 60.4 Å². The zero-order valence-electron chi connectivity index (χ0n) is 16.8. The topological polar surface area (TPSA) is 101 Å². The van der Waals surface area contributed by atoms with Crippen LogP contribution in [0.25, 0.3) is 0 Å². The second-order valence-electron chi connectivity index (χ2n) is 7.10. The molecule has 0 bridgehead atoms. The maximum atomic E-state index is 13.0. The van der Waals surface area contributed by atoms with Crippen LogP contribution in [0.5, 0.6) is 5.75 Å². The molecule has 0 amide bonds. The fourth-order valence-electron chi connectivity index (χ4n) is 3.12. The number of ether oxygens (including phenoxy) is 1. The summed E-state index contributed by atoms with van der Waals surface area (Å²) in [7, 11) is -3.21. The van der Waals surface area contributed by atoms with E-state index in [1.165, 1.54) is 6.26 Å². The third-order valence-corrected chi connectivity index (χ3v) is 5.95. The molecule has 31 heavy (non-hydrogen) atoms. The monoisotopic (exact) mass is 444 g/mol. The maximum absolute atomic E-state index is 13.0. The summed E-state index contributed by atoms with van der Waals surface area (Å²) in [6, 6.07) is 6.56. The SMILES string of the molecule is CS(=O)(=O)c1ccc(COc2cnc(N3CCN(c4ncc(F)cn4)CC3)nc2)cc1. The van der Waals surface area contributed by atoms with Gasteiger partial charge in [-0.25, -0.2) is 32.7 Å². The van der Waals surface area contributed by atoms with Crippen molar-refractivity contribution in [3.63, 3.8) is 0 Å². The standard InChI is InChI=1S/C20H21FN6O3S/c1-31(28,29)18-4-2-15(3-5-18)14-30-17-12-24-20(25-13-17)27-8-6-26(7-9-27)19-22-10-16(21)11-23-19/h2-5,10-13H,6-9,14H2,1H3. The van der Waals surface area contributed by atoms with Crippen LogP contribution in [-0.4, -0.2) is 60.8 Å². The van der Waals surface area contributed by atoms with Crippen LogP contribution >= 0.6 is 0 Å². The molecule has 0 N–H and O–H groups in total. The van der Waals surface area contributed by atoms with Gasteiger partial charge in [-0.1, -0.05) is 12.1 Å². The van der Waals surface area contributed by atoms with Crippen LogP contribution in [0.3, 0.4) is 0 Å². The zero-order valence-corrected chi connectivity index (χ0v) is 17.7. The van der Waals surface area contributed by atoms with E-state index in [0.717, 1.165) is 18.0 Å². The Balaban J connectivity index is 1.30. The van der Waals surface area contributed by atoms with Gasteiger partial charge in [0.1, 0.15) is 6.61 Å². The minimum Gasteiger partial charge on any atom is -0.486 e. The van der Waals surface area contributed by atoms with Crippen LogP contribution in [0.1, 0.15) is 5.56 Å². The van der Waals surface area contributed by atoms with Crippen LogP contribution in [-0.2, 0) is 16.4 Å². The van der Waals surface area contributed by atoms with Crippen molar-refractivity contribution in [1.82, 2.24) is 19.9 Å². The fraction of sp³-hybridized carbons (Fsp3) is 0.300. The summed E-state index contributed by atoms with van der Waals surface area (Å²) in [5.74, 6) is 1.18. The highest BCUT2D eigenvalue weighted by Gasteiger charge is 2.20. The summed E-state index contributed by atoms with van der Waals surface area (Å²) >= 11 is 0. The number of hydrogen-bond acceptors (Lipinski definition) is 9. The number of halogens is 1. The average molecular weight is 444 g/mol. The van der Waals surface area contributed by atoms with Crippen molar-refractivity contribution in [2.24, 2.45) is 0 Å². The Labute approximate surface area is 179 Å². The Bertz CT molecular complexity index is 1120. The van der Waals surface area contributed by atoms with E-state index in [-0.39, 0.29) is 11.5 Å². The number of sulfone groups is 1. The van der Waals surface area contributed by atoms with E-state index in [9.17, 15) is 12.8 Å². The number of benzene rings is 1. The molecule has 1 aliphatic rings. The Hall–Kier alpha value is -3.34. The van der Waals surface area contributed by atoms with Gasteiger partial charge >= 0.3 is 0 Å². The van der Waals surface area contributed by atoms with Gasteiger partial charge in [-0.05, 0) is 17.7 Å². The van der Waals surface area contributed by atoms with Gasteiger partial charge in [0.15, 0.2) is 21.4 Å². The van der Waals surface area contributed by atoms with E-state index >= 15 is 0 Å². The van der Waals surface area contributed by atoms with Crippen molar-refractivity contribution in [3.8, 4) is 5.75 Å². The number of rotatable bonds is 6. The second-order valence-corrected chi connectivity index (χ2v) is 9.11. The number of hydrogen-bond donors (Lipinski definition) is 0. The van der Waals surface area contributed by atoms with Gasteiger partial charge in [0.05, 0.1) is 29.7 Å². The summed E-state index contributed by atoms with van der Waals surface area (Å²) in [5.41, 5.74) is 0.843. The van der Waals surface area contributed by atoms with Crippen molar-refractivity contribution in [1.29, 1.82) is 0 Å². The van der Waals surface area contributed by atoms with Gasteiger partial charge < -0.3 is 14.5 Å². The minimum atomic E-state index is -3.21. The molecule has 0 atom stereocenters.